The Bertz CT molecular complexity index is 30.7. The van der Waals surface area contributed by atoms with Crippen molar-refractivity contribution in [2.24, 2.45) is 0 Å². The predicted molar refractivity (Wildman–Crippen MR) is 28.5 cm³/mol. The van der Waals surface area contributed by atoms with Gasteiger partial charge in [0.25, 0.3) is 0 Å². The summed E-state index contributed by atoms with van der Waals surface area (Å²) in [6, 6.07) is 0. The quantitative estimate of drug-likeness (QED) is 0.321. The van der Waals surface area contributed by atoms with E-state index in [1.54, 1.807) is 0 Å². The monoisotopic (exact) mass is 110 g/mol. The standard InChI is InChI=1S/2C2H3O.Mg/c2*1-2-3;/h2*1H3;/q2*-1;+2. The van der Waals surface area contributed by atoms with Gasteiger partial charge in [0.15, 0.2) is 0 Å². The molecule has 36 valence electrons. The Morgan fingerprint density at radius 3 is 1.00 bits per heavy atom. The zero-order valence-corrected chi connectivity index (χ0v) is 5.94. The minimum absolute atomic E-state index is 0. The van der Waals surface area contributed by atoms with Crippen LogP contribution in [0.15, 0.2) is 0 Å². The summed E-state index contributed by atoms with van der Waals surface area (Å²) in [6.45, 7) is 2.64. The minimum Gasteiger partial charge on any atom is -0.542 e. The number of hydrogen-bond donors (Lipinski definition) is 0. The van der Waals surface area contributed by atoms with Crippen LogP contribution in [0.1, 0.15) is 13.8 Å². The van der Waals surface area contributed by atoms with E-state index in [2.05, 4.69) is 0 Å². The third-order valence-electron chi connectivity index (χ3n) is 0. The fourth-order valence-electron chi connectivity index (χ4n) is 0. The average Bonchev–Trinajstić information content (AvgIpc) is 1.39. The SMILES string of the molecule is C[C-]=O.C[C-]=O.[Mg+2]. The van der Waals surface area contributed by atoms with Crippen molar-refractivity contribution in [3.05, 3.63) is 0 Å². The fourth-order valence-corrected chi connectivity index (χ4v) is 0. The smallest absolute Gasteiger partial charge is 0.542 e. The molecule has 0 saturated heterocycles. The maximum absolute atomic E-state index is 8.68. The Morgan fingerprint density at radius 1 is 1.00 bits per heavy atom. The predicted octanol–water partition coefficient (Wildman–Crippen LogP) is -0.149. The summed E-state index contributed by atoms with van der Waals surface area (Å²) in [6.07, 6.45) is 3.00. The third-order valence-corrected chi connectivity index (χ3v) is 0. The van der Waals surface area contributed by atoms with E-state index in [1.165, 1.54) is 26.4 Å². The molecular formula is C4H6MgO2. The van der Waals surface area contributed by atoms with Crippen LogP contribution in [-0.2, 0) is 9.59 Å². The molecule has 7 heavy (non-hydrogen) atoms. The molecule has 2 nitrogen and oxygen atoms in total. The largest absolute Gasteiger partial charge is 2.00 e. The molecular weight excluding hydrogens is 104 g/mol. The zero-order chi connectivity index (χ0) is 5.41. The summed E-state index contributed by atoms with van der Waals surface area (Å²) >= 11 is 0. The van der Waals surface area contributed by atoms with Crippen molar-refractivity contribution < 1.29 is 9.59 Å². The maximum Gasteiger partial charge on any atom is 2.00 e. The minimum atomic E-state index is 0. The number of carbonyl (C=O) groups excluding carboxylic acids is 2. The van der Waals surface area contributed by atoms with E-state index < -0.39 is 0 Å². The van der Waals surface area contributed by atoms with Crippen LogP contribution in [0.4, 0.5) is 0 Å². The number of hydrogen-bond acceptors (Lipinski definition) is 2. The van der Waals surface area contributed by atoms with Crippen LogP contribution in [0, 0.1) is 0 Å². The van der Waals surface area contributed by atoms with Crippen molar-refractivity contribution in [1.29, 1.82) is 0 Å². The second kappa shape index (κ2) is 35.9. The van der Waals surface area contributed by atoms with E-state index in [-0.39, 0.29) is 23.1 Å². The van der Waals surface area contributed by atoms with Gasteiger partial charge in [-0.15, -0.1) is 0 Å². The fraction of sp³-hybridized carbons (Fsp3) is 0.500. The van der Waals surface area contributed by atoms with E-state index in [9.17, 15) is 0 Å². The van der Waals surface area contributed by atoms with Gasteiger partial charge in [-0.1, -0.05) is 0 Å². The molecule has 3 heteroatoms. The molecule has 0 spiro atoms. The summed E-state index contributed by atoms with van der Waals surface area (Å²) in [5.74, 6) is 0. The molecule has 0 aliphatic rings. The van der Waals surface area contributed by atoms with Crippen LogP contribution >= 0.6 is 0 Å². The Morgan fingerprint density at radius 2 is 1.00 bits per heavy atom. The first-order chi connectivity index (χ1) is 2.83. The zero-order valence-electron chi connectivity index (χ0n) is 4.52. The normalized spacial score (nSPS) is 3.71. The van der Waals surface area contributed by atoms with Gasteiger partial charge in [-0.3, -0.25) is 12.6 Å². The topological polar surface area (TPSA) is 34.1 Å². The van der Waals surface area contributed by atoms with Crippen molar-refractivity contribution in [3.63, 3.8) is 0 Å². The summed E-state index contributed by atoms with van der Waals surface area (Å²) in [5, 5.41) is 0. The molecule has 0 rings (SSSR count). The summed E-state index contributed by atoms with van der Waals surface area (Å²) in [7, 11) is 0. The molecule has 0 radical (unpaired) electrons. The first-order valence-electron chi connectivity index (χ1n) is 1.41. The van der Waals surface area contributed by atoms with E-state index in [0.29, 0.717) is 0 Å². The first-order valence-corrected chi connectivity index (χ1v) is 1.41. The average molecular weight is 110 g/mol. The van der Waals surface area contributed by atoms with Gasteiger partial charge in [-0.25, -0.2) is 0 Å². The first kappa shape index (κ1) is 15.7. The van der Waals surface area contributed by atoms with E-state index in [4.69, 9.17) is 9.59 Å². The molecule has 0 fully saturated rings. The van der Waals surface area contributed by atoms with Crippen LogP contribution in [-0.4, -0.2) is 35.6 Å². The van der Waals surface area contributed by atoms with Gasteiger partial charge >= 0.3 is 23.1 Å². The summed E-state index contributed by atoms with van der Waals surface area (Å²) in [4.78, 5) is 17.4. The van der Waals surface area contributed by atoms with Crippen LogP contribution < -0.4 is 0 Å². The molecule has 0 aromatic carbocycles. The molecule has 0 aromatic heterocycles. The molecule has 0 aromatic rings. The van der Waals surface area contributed by atoms with Gasteiger partial charge in [0, 0.05) is 0 Å². The van der Waals surface area contributed by atoms with Crippen LogP contribution in [0.3, 0.4) is 0 Å². The van der Waals surface area contributed by atoms with E-state index in [0.717, 1.165) is 0 Å². The molecule has 0 aliphatic carbocycles. The van der Waals surface area contributed by atoms with Crippen LogP contribution in [0.25, 0.3) is 0 Å². The molecule has 0 heterocycles. The Hall–Kier alpha value is 0.106. The maximum atomic E-state index is 8.68. The molecule has 0 saturated carbocycles. The van der Waals surface area contributed by atoms with Gasteiger partial charge in [-0.2, -0.15) is 13.8 Å². The molecule has 0 amide bonds. The van der Waals surface area contributed by atoms with Crippen LogP contribution in [0.2, 0.25) is 0 Å². The van der Waals surface area contributed by atoms with E-state index in [1.807, 2.05) is 0 Å². The van der Waals surface area contributed by atoms with Gasteiger partial charge in [0.1, 0.15) is 0 Å². The van der Waals surface area contributed by atoms with Gasteiger partial charge in [0.2, 0.25) is 0 Å². The molecule has 0 unspecified atom stereocenters. The van der Waals surface area contributed by atoms with E-state index >= 15 is 0 Å². The summed E-state index contributed by atoms with van der Waals surface area (Å²) in [5.41, 5.74) is 0. The molecule has 0 bridgehead atoms. The second-order valence-electron chi connectivity index (χ2n) is 0.408. The van der Waals surface area contributed by atoms with Crippen molar-refractivity contribution in [2.45, 2.75) is 13.8 Å². The van der Waals surface area contributed by atoms with Crippen molar-refractivity contribution >= 4 is 35.6 Å². The second-order valence-corrected chi connectivity index (χ2v) is 0.408. The molecule has 0 aliphatic heterocycles. The van der Waals surface area contributed by atoms with Crippen molar-refractivity contribution in [1.82, 2.24) is 0 Å². The molecule has 0 atom stereocenters. The van der Waals surface area contributed by atoms with Crippen molar-refractivity contribution in [2.75, 3.05) is 0 Å². The molecule has 0 N–H and O–H groups in total. The van der Waals surface area contributed by atoms with Gasteiger partial charge in [0.05, 0.1) is 0 Å². The van der Waals surface area contributed by atoms with Crippen molar-refractivity contribution in [3.8, 4) is 0 Å². The summed E-state index contributed by atoms with van der Waals surface area (Å²) < 4.78 is 0. The Balaban J connectivity index is -0.0000000400. The van der Waals surface area contributed by atoms with Gasteiger partial charge in [-0.05, 0) is 0 Å². The number of rotatable bonds is 0. The van der Waals surface area contributed by atoms with Crippen LogP contribution in [0.5, 0.6) is 0 Å². The Labute approximate surface area is 59.4 Å². The Kier molecular flexibility index (Phi) is 80.6. The van der Waals surface area contributed by atoms with Gasteiger partial charge < -0.3 is 9.59 Å². The third kappa shape index (κ3) is 9120.